The lowest BCUT2D eigenvalue weighted by molar-refractivity contribution is -0.250. The molecule has 0 aliphatic heterocycles. The minimum atomic E-state index is -4.70. The van der Waals surface area contributed by atoms with Gasteiger partial charge in [-0.15, -0.1) is 0 Å². The van der Waals surface area contributed by atoms with Crippen molar-refractivity contribution in [2.45, 2.75) is 44.0 Å². The Morgan fingerprint density at radius 1 is 1.30 bits per heavy atom. The summed E-state index contributed by atoms with van der Waals surface area (Å²) in [5, 5.41) is 12.1. The van der Waals surface area contributed by atoms with Crippen LogP contribution in [-0.2, 0) is 10.0 Å². The molecule has 0 aromatic carbocycles. The molecular weight excluding hydrogens is 297 g/mol. The Balaban J connectivity index is 2.50. The van der Waals surface area contributed by atoms with Gasteiger partial charge in [0.25, 0.3) is 0 Å². The Bertz CT molecular complexity index is 423. The third-order valence-corrected chi connectivity index (χ3v) is 4.28. The van der Waals surface area contributed by atoms with Crippen molar-refractivity contribution in [2.75, 3.05) is 19.3 Å². The molecule has 0 aromatic heterocycles. The van der Waals surface area contributed by atoms with Crippen LogP contribution in [0.25, 0.3) is 0 Å². The zero-order valence-electron chi connectivity index (χ0n) is 11.5. The van der Waals surface area contributed by atoms with Gasteiger partial charge in [-0.2, -0.15) is 13.2 Å². The van der Waals surface area contributed by atoms with E-state index in [2.05, 4.69) is 10.0 Å². The fourth-order valence-electron chi connectivity index (χ4n) is 2.24. The zero-order valence-corrected chi connectivity index (χ0v) is 12.3. The summed E-state index contributed by atoms with van der Waals surface area (Å²) < 4.78 is 62.0. The molecule has 1 saturated carbocycles. The van der Waals surface area contributed by atoms with E-state index in [4.69, 9.17) is 0 Å². The van der Waals surface area contributed by atoms with Gasteiger partial charge in [-0.3, -0.25) is 0 Å². The quantitative estimate of drug-likeness (QED) is 0.670. The first-order valence-corrected chi connectivity index (χ1v) is 8.29. The van der Waals surface area contributed by atoms with Crippen LogP contribution in [0.15, 0.2) is 0 Å². The van der Waals surface area contributed by atoms with E-state index in [-0.39, 0.29) is 18.5 Å². The van der Waals surface area contributed by atoms with Crippen molar-refractivity contribution in [3.05, 3.63) is 0 Å². The number of hydrogen-bond acceptors (Lipinski definition) is 4. The summed E-state index contributed by atoms with van der Waals surface area (Å²) in [7, 11) is -3.31. The van der Waals surface area contributed by atoms with Gasteiger partial charge in [0.1, 0.15) is 0 Å². The molecular formula is C11H21F3N2O3S. The second kappa shape index (κ2) is 6.17. The Morgan fingerprint density at radius 3 is 2.40 bits per heavy atom. The molecule has 0 saturated heterocycles. The Labute approximate surface area is 117 Å². The predicted octanol–water partition coefficient (Wildman–Crippen LogP) is 0.607. The van der Waals surface area contributed by atoms with Crippen molar-refractivity contribution in [1.82, 2.24) is 10.0 Å². The van der Waals surface area contributed by atoms with Crippen molar-refractivity contribution in [3.8, 4) is 0 Å². The van der Waals surface area contributed by atoms with Crippen molar-refractivity contribution in [3.63, 3.8) is 0 Å². The number of alkyl halides is 3. The highest BCUT2D eigenvalue weighted by atomic mass is 32.2. The zero-order chi connectivity index (χ0) is 15.6. The summed E-state index contributed by atoms with van der Waals surface area (Å²) in [5.74, 6) is -0.0613. The number of rotatable bonds is 6. The van der Waals surface area contributed by atoms with Crippen molar-refractivity contribution < 1.29 is 26.7 Å². The molecule has 1 aliphatic carbocycles. The van der Waals surface area contributed by atoms with Gasteiger partial charge in [0.15, 0.2) is 5.60 Å². The van der Waals surface area contributed by atoms with E-state index in [1.54, 1.807) is 0 Å². The molecule has 120 valence electrons. The molecule has 0 radical (unpaired) electrons. The molecule has 9 heteroatoms. The lowest BCUT2D eigenvalue weighted by Gasteiger charge is -2.30. The molecule has 0 spiro atoms. The van der Waals surface area contributed by atoms with Gasteiger partial charge < -0.3 is 10.4 Å². The van der Waals surface area contributed by atoms with Gasteiger partial charge in [0.05, 0.1) is 6.26 Å². The van der Waals surface area contributed by atoms with Crippen LogP contribution in [0.3, 0.4) is 0 Å². The topological polar surface area (TPSA) is 78.4 Å². The highest BCUT2D eigenvalue weighted by Gasteiger charge is 2.50. The lowest BCUT2D eigenvalue weighted by atomic mass is 10.0. The maximum absolute atomic E-state index is 12.5. The van der Waals surface area contributed by atoms with Gasteiger partial charge in [-0.25, -0.2) is 13.1 Å². The molecule has 1 fully saturated rings. The third-order valence-electron chi connectivity index (χ3n) is 3.59. The van der Waals surface area contributed by atoms with E-state index in [9.17, 15) is 26.7 Å². The molecule has 1 rings (SSSR count). The van der Waals surface area contributed by atoms with Crippen LogP contribution < -0.4 is 10.0 Å². The van der Waals surface area contributed by atoms with Crippen LogP contribution in [0, 0.1) is 5.92 Å². The van der Waals surface area contributed by atoms with Gasteiger partial charge in [0, 0.05) is 19.1 Å². The number of aliphatic hydroxyl groups is 1. The molecule has 0 amide bonds. The maximum Gasteiger partial charge on any atom is 0.418 e. The largest absolute Gasteiger partial charge is 0.418 e. The summed E-state index contributed by atoms with van der Waals surface area (Å²) in [6.07, 6.45) is -1.42. The first-order valence-electron chi connectivity index (χ1n) is 6.39. The Kier molecular flexibility index (Phi) is 5.45. The summed E-state index contributed by atoms with van der Waals surface area (Å²) in [6.45, 7) is 0.319. The average Bonchev–Trinajstić information content (AvgIpc) is 2.68. The molecule has 0 unspecified atom stereocenters. The van der Waals surface area contributed by atoms with E-state index >= 15 is 0 Å². The predicted molar refractivity (Wildman–Crippen MR) is 68.7 cm³/mol. The standard InChI is InChI=1S/C11H21F3N2O3S/c1-10(17,11(12,13)14)7-15-9-5-3-4-8(9)6-16-20(2,18)19/h8-9,15-17H,3-7H2,1-2H3/t8-,9+,10+/m1/s1. The minimum absolute atomic E-state index is 0.0613. The smallest absolute Gasteiger partial charge is 0.380 e. The van der Waals surface area contributed by atoms with Crippen LogP contribution in [0.1, 0.15) is 26.2 Å². The molecule has 1 aliphatic rings. The van der Waals surface area contributed by atoms with Gasteiger partial charge in [0.2, 0.25) is 10.0 Å². The SMILES string of the molecule is C[C@](O)(CN[C@H]1CCC[C@@H]1CNS(C)(=O)=O)C(F)(F)F. The monoisotopic (exact) mass is 318 g/mol. The first kappa shape index (κ1) is 17.7. The molecule has 20 heavy (non-hydrogen) atoms. The Morgan fingerprint density at radius 2 is 1.90 bits per heavy atom. The number of sulfonamides is 1. The van der Waals surface area contributed by atoms with Crippen molar-refractivity contribution in [1.29, 1.82) is 0 Å². The van der Waals surface area contributed by atoms with Crippen LogP contribution in [-0.4, -0.2) is 50.7 Å². The molecule has 3 atom stereocenters. The molecule has 3 N–H and O–H groups in total. The van der Waals surface area contributed by atoms with Crippen LogP contribution in [0.4, 0.5) is 13.2 Å². The normalized spacial score (nSPS) is 27.5. The molecule has 0 aromatic rings. The van der Waals surface area contributed by atoms with Crippen LogP contribution >= 0.6 is 0 Å². The highest BCUT2D eigenvalue weighted by molar-refractivity contribution is 7.88. The fraction of sp³-hybridized carbons (Fsp3) is 1.00. The van der Waals surface area contributed by atoms with Gasteiger partial charge in [-0.05, 0) is 25.7 Å². The average molecular weight is 318 g/mol. The molecule has 0 heterocycles. The molecule has 5 nitrogen and oxygen atoms in total. The maximum atomic E-state index is 12.5. The fourth-order valence-corrected chi connectivity index (χ4v) is 2.76. The van der Waals surface area contributed by atoms with Crippen molar-refractivity contribution in [2.24, 2.45) is 5.92 Å². The number of hydrogen-bond donors (Lipinski definition) is 3. The van der Waals surface area contributed by atoms with E-state index in [0.717, 1.165) is 26.0 Å². The summed E-state index contributed by atoms with van der Waals surface area (Å²) in [5.41, 5.74) is -2.79. The Hall–Kier alpha value is -0.380. The summed E-state index contributed by atoms with van der Waals surface area (Å²) in [4.78, 5) is 0. The van der Waals surface area contributed by atoms with E-state index in [1.807, 2.05) is 0 Å². The van der Waals surface area contributed by atoms with E-state index in [0.29, 0.717) is 6.42 Å². The second-order valence-electron chi connectivity index (χ2n) is 5.57. The van der Waals surface area contributed by atoms with E-state index in [1.165, 1.54) is 0 Å². The van der Waals surface area contributed by atoms with Gasteiger partial charge >= 0.3 is 6.18 Å². The van der Waals surface area contributed by atoms with E-state index < -0.39 is 28.3 Å². The first-order chi connectivity index (χ1) is 8.92. The second-order valence-corrected chi connectivity index (χ2v) is 7.40. The number of nitrogens with one attached hydrogen (secondary N) is 2. The summed E-state index contributed by atoms with van der Waals surface area (Å²) >= 11 is 0. The van der Waals surface area contributed by atoms with Crippen LogP contribution in [0.2, 0.25) is 0 Å². The molecule has 0 bridgehead atoms. The minimum Gasteiger partial charge on any atom is -0.380 e. The van der Waals surface area contributed by atoms with Crippen molar-refractivity contribution >= 4 is 10.0 Å². The van der Waals surface area contributed by atoms with Crippen LogP contribution in [0.5, 0.6) is 0 Å². The number of halogens is 3. The highest BCUT2D eigenvalue weighted by Crippen LogP contribution is 2.31. The summed E-state index contributed by atoms with van der Waals surface area (Å²) in [6, 6.07) is -0.224. The van der Waals surface area contributed by atoms with Gasteiger partial charge in [-0.1, -0.05) is 6.42 Å². The lowest BCUT2D eigenvalue weighted by Crippen LogP contribution is -2.53. The third kappa shape index (κ3) is 5.19.